The minimum Gasteiger partial charge on any atom is -0.313 e. The summed E-state index contributed by atoms with van der Waals surface area (Å²) in [6, 6.07) is 4.56. The van der Waals surface area contributed by atoms with E-state index in [0.717, 1.165) is 0 Å². The zero-order valence-electron chi connectivity index (χ0n) is 8.13. The summed E-state index contributed by atoms with van der Waals surface area (Å²) in [4.78, 5) is 11.9. The highest BCUT2D eigenvalue weighted by Crippen LogP contribution is 2.19. The molecule has 0 saturated carbocycles. The van der Waals surface area contributed by atoms with Gasteiger partial charge < -0.3 is 5.32 Å². The molecule has 0 atom stereocenters. The second-order valence-corrected chi connectivity index (χ2v) is 3.65. The Morgan fingerprint density at radius 3 is 2.79 bits per heavy atom. The summed E-state index contributed by atoms with van der Waals surface area (Å²) in [7, 11) is 1.69. The third-order valence-corrected chi connectivity index (χ3v) is 2.58. The topological polar surface area (TPSA) is 29.1 Å². The molecule has 1 N–H and O–H groups in total. The number of halogens is 1. The molecule has 0 unspecified atom stereocenters. The summed E-state index contributed by atoms with van der Waals surface area (Å²) >= 11 is 1.33. The SMILES string of the molecule is CNCC(=O)c1ccc(SC)c(F)c1. The summed E-state index contributed by atoms with van der Waals surface area (Å²) in [6.45, 7) is 0.234. The predicted octanol–water partition coefficient (Wildman–Crippen LogP) is 1.95. The molecule has 0 aliphatic rings. The fourth-order valence-electron chi connectivity index (χ4n) is 1.10. The number of benzene rings is 1. The quantitative estimate of drug-likeness (QED) is 0.612. The van der Waals surface area contributed by atoms with E-state index in [4.69, 9.17) is 0 Å². The van der Waals surface area contributed by atoms with Crippen LogP contribution in [-0.2, 0) is 0 Å². The summed E-state index contributed by atoms with van der Waals surface area (Å²) < 4.78 is 13.3. The lowest BCUT2D eigenvalue weighted by Crippen LogP contribution is -2.18. The zero-order valence-corrected chi connectivity index (χ0v) is 8.95. The second-order valence-electron chi connectivity index (χ2n) is 2.80. The highest BCUT2D eigenvalue weighted by Gasteiger charge is 2.07. The number of carbonyl (C=O) groups excluding carboxylic acids is 1. The molecule has 1 aromatic carbocycles. The Morgan fingerprint density at radius 1 is 1.57 bits per heavy atom. The summed E-state index contributed by atoms with van der Waals surface area (Å²) in [5.41, 5.74) is 0.412. The Labute approximate surface area is 86.9 Å². The van der Waals surface area contributed by atoms with Crippen LogP contribution in [0.3, 0.4) is 0 Å². The largest absolute Gasteiger partial charge is 0.313 e. The van der Waals surface area contributed by atoms with Gasteiger partial charge in [0, 0.05) is 10.5 Å². The number of ketones is 1. The number of hydrogen-bond donors (Lipinski definition) is 1. The van der Waals surface area contributed by atoms with Crippen LogP contribution in [0.1, 0.15) is 10.4 Å². The van der Waals surface area contributed by atoms with Gasteiger partial charge in [-0.2, -0.15) is 0 Å². The zero-order chi connectivity index (χ0) is 10.6. The van der Waals surface area contributed by atoms with Crippen LogP contribution in [0.2, 0.25) is 0 Å². The van der Waals surface area contributed by atoms with E-state index in [1.165, 1.54) is 17.8 Å². The van der Waals surface area contributed by atoms with E-state index in [2.05, 4.69) is 5.32 Å². The van der Waals surface area contributed by atoms with Gasteiger partial charge in [0.15, 0.2) is 5.78 Å². The maximum absolute atomic E-state index is 13.3. The number of rotatable bonds is 4. The first-order valence-electron chi connectivity index (χ1n) is 4.20. The molecule has 0 aliphatic heterocycles. The van der Waals surface area contributed by atoms with Gasteiger partial charge in [0.1, 0.15) is 5.82 Å². The van der Waals surface area contributed by atoms with Gasteiger partial charge in [-0.25, -0.2) is 4.39 Å². The Kier molecular flexibility index (Phi) is 4.10. The van der Waals surface area contributed by atoms with Gasteiger partial charge in [-0.15, -0.1) is 11.8 Å². The van der Waals surface area contributed by atoms with E-state index < -0.39 is 0 Å². The first-order chi connectivity index (χ1) is 6.69. The van der Waals surface area contributed by atoms with Crippen molar-refractivity contribution in [3.8, 4) is 0 Å². The monoisotopic (exact) mass is 213 g/mol. The molecule has 0 saturated heterocycles. The summed E-state index contributed by atoms with van der Waals surface area (Å²) in [5.74, 6) is -0.432. The predicted molar refractivity (Wildman–Crippen MR) is 56.4 cm³/mol. The van der Waals surface area contributed by atoms with E-state index >= 15 is 0 Å². The lowest BCUT2D eigenvalue weighted by molar-refractivity contribution is 0.0993. The average Bonchev–Trinajstić information content (AvgIpc) is 2.18. The van der Waals surface area contributed by atoms with Gasteiger partial charge >= 0.3 is 0 Å². The normalized spacial score (nSPS) is 10.2. The number of Topliss-reactive ketones (excluding diaryl/α,β-unsaturated/α-hetero) is 1. The van der Waals surface area contributed by atoms with Crippen LogP contribution in [0, 0.1) is 5.82 Å². The lowest BCUT2D eigenvalue weighted by Gasteiger charge is -2.02. The molecule has 14 heavy (non-hydrogen) atoms. The maximum atomic E-state index is 13.3. The van der Waals surface area contributed by atoms with Gasteiger partial charge in [-0.1, -0.05) is 6.07 Å². The van der Waals surface area contributed by atoms with E-state index in [1.807, 2.05) is 0 Å². The number of likely N-dealkylation sites (N-methyl/N-ethyl adjacent to an activating group) is 1. The molecule has 0 heterocycles. The van der Waals surface area contributed by atoms with Gasteiger partial charge in [-0.05, 0) is 25.4 Å². The van der Waals surface area contributed by atoms with E-state index in [-0.39, 0.29) is 18.1 Å². The van der Waals surface area contributed by atoms with Crippen molar-refractivity contribution in [2.45, 2.75) is 4.90 Å². The molecule has 2 nitrogen and oxygen atoms in total. The Bertz CT molecular complexity index is 341. The molecule has 76 valence electrons. The number of carbonyl (C=O) groups is 1. The Hall–Kier alpha value is -0.870. The highest BCUT2D eigenvalue weighted by atomic mass is 32.2. The van der Waals surface area contributed by atoms with Crippen molar-refractivity contribution in [3.63, 3.8) is 0 Å². The van der Waals surface area contributed by atoms with E-state index in [1.54, 1.807) is 25.4 Å². The maximum Gasteiger partial charge on any atom is 0.176 e. The lowest BCUT2D eigenvalue weighted by atomic mass is 10.1. The smallest absolute Gasteiger partial charge is 0.176 e. The van der Waals surface area contributed by atoms with Crippen LogP contribution >= 0.6 is 11.8 Å². The van der Waals surface area contributed by atoms with Gasteiger partial charge in [0.25, 0.3) is 0 Å². The van der Waals surface area contributed by atoms with Gasteiger partial charge in [-0.3, -0.25) is 4.79 Å². The number of hydrogen-bond acceptors (Lipinski definition) is 3. The fourth-order valence-corrected chi connectivity index (χ4v) is 1.56. The van der Waals surface area contributed by atoms with Crippen LogP contribution < -0.4 is 5.32 Å². The third kappa shape index (κ3) is 2.56. The summed E-state index contributed by atoms with van der Waals surface area (Å²) in [6.07, 6.45) is 1.80. The first-order valence-corrected chi connectivity index (χ1v) is 5.43. The van der Waals surface area contributed by atoms with Crippen molar-refractivity contribution in [2.24, 2.45) is 0 Å². The van der Waals surface area contributed by atoms with Crippen molar-refractivity contribution in [3.05, 3.63) is 29.6 Å². The molecular weight excluding hydrogens is 201 g/mol. The number of nitrogens with one attached hydrogen (secondary N) is 1. The summed E-state index contributed by atoms with van der Waals surface area (Å²) in [5, 5.41) is 2.74. The van der Waals surface area contributed by atoms with Crippen LogP contribution in [-0.4, -0.2) is 25.6 Å². The first kappa shape index (κ1) is 11.2. The fraction of sp³-hybridized carbons (Fsp3) is 0.300. The molecule has 0 fully saturated rings. The van der Waals surface area contributed by atoms with Gasteiger partial charge in [0.05, 0.1) is 6.54 Å². The standard InChI is InChI=1S/C10H12FNOS/c1-12-6-9(13)7-3-4-10(14-2)8(11)5-7/h3-5,12H,6H2,1-2H3. The average molecular weight is 213 g/mol. The minimum atomic E-state index is -0.334. The molecule has 1 aromatic rings. The molecule has 1 rings (SSSR count). The van der Waals surface area contributed by atoms with E-state index in [0.29, 0.717) is 10.5 Å². The minimum absolute atomic E-state index is 0.0981. The van der Waals surface area contributed by atoms with Crippen LogP contribution in [0.15, 0.2) is 23.1 Å². The molecule has 0 spiro atoms. The Balaban J connectivity index is 2.91. The highest BCUT2D eigenvalue weighted by molar-refractivity contribution is 7.98. The molecular formula is C10H12FNOS. The van der Waals surface area contributed by atoms with Crippen LogP contribution in [0.25, 0.3) is 0 Å². The van der Waals surface area contributed by atoms with Crippen molar-refractivity contribution in [1.82, 2.24) is 5.32 Å². The van der Waals surface area contributed by atoms with Crippen molar-refractivity contribution in [2.75, 3.05) is 19.8 Å². The van der Waals surface area contributed by atoms with Crippen molar-refractivity contribution < 1.29 is 9.18 Å². The third-order valence-electron chi connectivity index (χ3n) is 1.81. The second kappa shape index (κ2) is 5.12. The van der Waals surface area contributed by atoms with Crippen LogP contribution in [0.4, 0.5) is 4.39 Å². The molecule has 0 aromatic heterocycles. The van der Waals surface area contributed by atoms with E-state index in [9.17, 15) is 9.18 Å². The molecule has 0 amide bonds. The molecule has 4 heteroatoms. The van der Waals surface area contributed by atoms with Crippen molar-refractivity contribution >= 4 is 17.5 Å². The Morgan fingerprint density at radius 2 is 2.29 bits per heavy atom. The molecule has 0 bridgehead atoms. The van der Waals surface area contributed by atoms with Crippen molar-refractivity contribution in [1.29, 1.82) is 0 Å². The molecule has 0 radical (unpaired) electrons. The van der Waals surface area contributed by atoms with Crippen LogP contribution in [0.5, 0.6) is 0 Å². The van der Waals surface area contributed by atoms with Gasteiger partial charge in [0.2, 0.25) is 0 Å². The number of thioether (sulfide) groups is 1. The molecule has 0 aliphatic carbocycles.